The Morgan fingerprint density at radius 3 is 2.41 bits per heavy atom. The van der Waals surface area contributed by atoms with E-state index in [9.17, 15) is 15.2 Å². The van der Waals surface area contributed by atoms with Crippen molar-refractivity contribution in [1.29, 1.82) is 0 Å². The number of nitro benzene ring substituents is 1. The molecular formula is C26H24ClN3O4. The van der Waals surface area contributed by atoms with Gasteiger partial charge in [0.1, 0.15) is 5.52 Å². The molecule has 0 amide bonds. The fraction of sp³-hybridized carbons (Fsp3) is 0.231. The molecule has 0 unspecified atom stereocenters. The average Bonchev–Trinajstić information content (AvgIpc) is 3.20. The molecule has 0 saturated carbocycles. The predicted octanol–water partition coefficient (Wildman–Crippen LogP) is 7.43. The molecule has 0 atom stereocenters. The topological polar surface area (TPSA) is 102 Å². The number of nitro groups is 1. The van der Waals surface area contributed by atoms with Crippen molar-refractivity contribution >= 4 is 40.3 Å². The average molecular weight is 478 g/mol. The smallest absolute Gasteiger partial charge is 0.315 e. The Kier molecular flexibility index (Phi) is 5.91. The predicted molar refractivity (Wildman–Crippen MR) is 135 cm³/mol. The molecule has 3 aromatic carbocycles. The normalized spacial score (nSPS) is 12.1. The molecule has 1 N–H and O–H groups in total. The number of halogens is 1. The summed E-state index contributed by atoms with van der Waals surface area (Å²) in [5.74, 6) is 0.0441. The maximum absolute atomic E-state index is 11.4. The van der Waals surface area contributed by atoms with Crippen LogP contribution in [0.15, 0.2) is 51.9 Å². The number of hydrogen-bond donors (Lipinski definition) is 1. The largest absolute Gasteiger partial charge is 0.502 e. The van der Waals surface area contributed by atoms with Gasteiger partial charge in [-0.1, -0.05) is 44.5 Å². The van der Waals surface area contributed by atoms with Gasteiger partial charge in [0, 0.05) is 22.9 Å². The number of phenolic OH excluding ortho intramolecular Hbond substituents is 1. The van der Waals surface area contributed by atoms with Crippen LogP contribution in [0.3, 0.4) is 0 Å². The second-order valence-electron chi connectivity index (χ2n) is 9.19. The van der Waals surface area contributed by atoms with Gasteiger partial charge in [-0.3, -0.25) is 15.1 Å². The molecule has 0 radical (unpaired) electrons. The Bertz CT molecular complexity index is 1450. The molecule has 4 rings (SSSR count). The molecular weight excluding hydrogens is 454 g/mol. The van der Waals surface area contributed by atoms with Crippen LogP contribution in [0.4, 0.5) is 11.4 Å². The summed E-state index contributed by atoms with van der Waals surface area (Å²) in [6.07, 6.45) is 1.37. The number of phenols is 1. The summed E-state index contributed by atoms with van der Waals surface area (Å²) in [4.78, 5) is 19.7. The highest BCUT2D eigenvalue weighted by Gasteiger charge is 2.25. The van der Waals surface area contributed by atoms with Crippen molar-refractivity contribution in [3.8, 4) is 17.2 Å². The van der Waals surface area contributed by atoms with Crippen LogP contribution in [0.5, 0.6) is 5.75 Å². The summed E-state index contributed by atoms with van der Waals surface area (Å²) in [6, 6.07) is 13.4. The molecule has 0 spiro atoms. The van der Waals surface area contributed by atoms with Gasteiger partial charge in [-0.05, 0) is 60.7 Å². The van der Waals surface area contributed by atoms with Crippen molar-refractivity contribution in [2.75, 3.05) is 0 Å². The number of hydrogen-bond acceptors (Lipinski definition) is 6. The molecule has 0 aliphatic carbocycles. The highest BCUT2D eigenvalue weighted by atomic mass is 35.5. The highest BCUT2D eigenvalue weighted by molar-refractivity contribution is 6.33. The molecule has 0 aliphatic rings. The summed E-state index contributed by atoms with van der Waals surface area (Å²) in [5.41, 5.74) is 4.43. The second kappa shape index (κ2) is 8.57. The fourth-order valence-electron chi connectivity index (χ4n) is 3.74. The van der Waals surface area contributed by atoms with Crippen molar-refractivity contribution in [1.82, 2.24) is 4.98 Å². The van der Waals surface area contributed by atoms with E-state index < -0.39 is 16.4 Å². The number of oxazole rings is 1. The van der Waals surface area contributed by atoms with Crippen molar-refractivity contribution in [2.24, 2.45) is 4.99 Å². The van der Waals surface area contributed by atoms with Gasteiger partial charge in [-0.2, -0.15) is 0 Å². The number of aromatic hydroxyl groups is 1. The van der Waals surface area contributed by atoms with Crippen LogP contribution >= 0.6 is 11.6 Å². The first-order valence-electron chi connectivity index (χ1n) is 10.7. The number of aromatic nitrogens is 1. The van der Waals surface area contributed by atoms with Crippen LogP contribution in [0.2, 0.25) is 5.02 Å². The van der Waals surface area contributed by atoms with Crippen LogP contribution in [-0.2, 0) is 5.41 Å². The molecule has 34 heavy (non-hydrogen) atoms. The molecule has 0 saturated heterocycles. The Hall–Kier alpha value is -3.71. The minimum atomic E-state index is -0.648. The first-order chi connectivity index (χ1) is 16.0. The van der Waals surface area contributed by atoms with Crippen LogP contribution in [0, 0.1) is 24.0 Å². The zero-order valence-electron chi connectivity index (χ0n) is 19.5. The summed E-state index contributed by atoms with van der Waals surface area (Å²) >= 11 is 6.26. The lowest BCUT2D eigenvalue weighted by molar-refractivity contribution is -0.386. The van der Waals surface area contributed by atoms with Crippen molar-refractivity contribution in [2.45, 2.75) is 40.0 Å². The van der Waals surface area contributed by atoms with E-state index in [2.05, 4.69) is 42.9 Å². The van der Waals surface area contributed by atoms with E-state index in [0.717, 1.165) is 5.56 Å². The number of rotatable bonds is 4. The van der Waals surface area contributed by atoms with Crippen LogP contribution in [-0.4, -0.2) is 21.2 Å². The van der Waals surface area contributed by atoms with Crippen LogP contribution < -0.4 is 0 Å². The van der Waals surface area contributed by atoms with E-state index in [0.29, 0.717) is 28.2 Å². The van der Waals surface area contributed by atoms with E-state index in [1.54, 1.807) is 25.1 Å². The van der Waals surface area contributed by atoms with E-state index in [1.807, 2.05) is 12.1 Å². The Balaban J connectivity index is 1.68. The van der Waals surface area contributed by atoms with Crippen LogP contribution in [0.25, 0.3) is 22.6 Å². The SMILES string of the molecule is Cc1c(Cl)c(C)c([N+](=O)[O-])c(O)c1C=Nc1ccc2oc(-c3ccc(C(C)(C)C)cc3)nc2c1. The van der Waals surface area contributed by atoms with Gasteiger partial charge in [0.15, 0.2) is 5.58 Å². The first-order valence-corrected chi connectivity index (χ1v) is 11.1. The third-order valence-electron chi connectivity index (χ3n) is 5.79. The first kappa shape index (κ1) is 23.4. The van der Waals surface area contributed by atoms with E-state index in [4.69, 9.17) is 16.0 Å². The molecule has 8 heteroatoms. The number of nitrogens with zero attached hydrogens (tertiary/aromatic N) is 3. The van der Waals surface area contributed by atoms with Crippen molar-refractivity contribution < 1.29 is 14.4 Å². The lowest BCUT2D eigenvalue weighted by Gasteiger charge is -2.18. The Labute approximate surface area is 201 Å². The van der Waals surface area contributed by atoms with Crippen LogP contribution in [0.1, 0.15) is 43.0 Å². The van der Waals surface area contributed by atoms with Gasteiger partial charge in [0.2, 0.25) is 11.6 Å². The Morgan fingerprint density at radius 1 is 1.12 bits per heavy atom. The third-order valence-corrected chi connectivity index (χ3v) is 6.36. The quantitative estimate of drug-likeness (QED) is 0.187. The van der Waals surface area contributed by atoms with Gasteiger partial charge in [0.05, 0.1) is 15.6 Å². The lowest BCUT2D eigenvalue weighted by atomic mass is 9.87. The molecule has 1 heterocycles. The Morgan fingerprint density at radius 2 is 1.79 bits per heavy atom. The molecule has 0 bridgehead atoms. The summed E-state index contributed by atoms with van der Waals surface area (Å²) in [6.45, 7) is 9.66. The van der Waals surface area contributed by atoms with E-state index in [-0.39, 0.29) is 21.6 Å². The summed E-state index contributed by atoms with van der Waals surface area (Å²) < 4.78 is 5.91. The fourth-order valence-corrected chi connectivity index (χ4v) is 3.93. The maximum Gasteiger partial charge on any atom is 0.315 e. The van der Waals surface area contributed by atoms with Gasteiger partial charge >= 0.3 is 5.69 Å². The monoisotopic (exact) mass is 477 g/mol. The maximum atomic E-state index is 11.4. The number of aliphatic imine (C=N–C) groups is 1. The van der Waals surface area contributed by atoms with E-state index >= 15 is 0 Å². The minimum absolute atomic E-state index is 0.0572. The van der Waals surface area contributed by atoms with Gasteiger partial charge in [0.25, 0.3) is 0 Å². The van der Waals surface area contributed by atoms with E-state index in [1.165, 1.54) is 18.7 Å². The standard InChI is InChI=1S/C26H24ClN3O4/c1-14-19(24(31)23(30(32)33)15(2)22(14)27)13-28-18-10-11-21-20(12-18)29-25(34-21)16-6-8-17(9-7-16)26(3,4)5/h6-13,31H,1-5H3. The number of fused-ring (bicyclic) bond motifs is 1. The molecule has 7 nitrogen and oxygen atoms in total. The number of benzene rings is 3. The molecule has 1 aromatic heterocycles. The molecule has 0 aliphatic heterocycles. The van der Waals surface area contributed by atoms with Gasteiger partial charge in [-0.15, -0.1) is 0 Å². The molecule has 4 aromatic rings. The second-order valence-corrected chi connectivity index (χ2v) is 9.57. The zero-order chi connectivity index (χ0) is 24.8. The van der Waals surface area contributed by atoms with Crippen molar-refractivity contribution in [3.63, 3.8) is 0 Å². The summed E-state index contributed by atoms with van der Waals surface area (Å²) in [5, 5.41) is 22.1. The van der Waals surface area contributed by atoms with Gasteiger partial charge in [-0.25, -0.2) is 4.98 Å². The highest BCUT2D eigenvalue weighted by Crippen LogP contribution is 2.40. The third kappa shape index (κ3) is 4.26. The van der Waals surface area contributed by atoms with Gasteiger partial charge < -0.3 is 9.52 Å². The molecule has 0 fully saturated rings. The summed E-state index contributed by atoms with van der Waals surface area (Å²) in [7, 11) is 0. The zero-order valence-corrected chi connectivity index (χ0v) is 20.3. The van der Waals surface area contributed by atoms with Crippen molar-refractivity contribution in [3.05, 3.63) is 79.9 Å². The lowest BCUT2D eigenvalue weighted by Crippen LogP contribution is -2.10. The molecule has 174 valence electrons. The minimum Gasteiger partial charge on any atom is -0.502 e.